The molecule has 3 N–H and O–H groups in total. The number of benzene rings is 3. The Morgan fingerprint density at radius 3 is 2.56 bits per heavy atom. The number of piperidine rings is 1. The number of ether oxygens (including phenoxy) is 6. The first-order chi connectivity index (χ1) is 34.7. The molecule has 72 heavy (non-hydrogen) atoms. The average molecular weight is 1010 g/mol. The maximum atomic E-state index is 14.8. The molecule has 4 fully saturated rings. The third-order valence-electron chi connectivity index (χ3n) is 15.1. The molecule has 382 valence electrons. The summed E-state index contributed by atoms with van der Waals surface area (Å²) < 4.78 is 67.1. The second-order valence-corrected chi connectivity index (χ2v) is 22.2. The van der Waals surface area contributed by atoms with Gasteiger partial charge in [-0.15, -0.1) is 0 Å². The molecule has 3 aromatic carbocycles. The SMILES string of the molecule is CC(C)OC[C@@H]1COc2cc(S(=O)(=O)NC(=O)c3ccc(N4CCC5(CC4)CC(N4CCOC[C@H]4c4ccccc4OC(C)C)C5)cc3N3c4cc5cc[nH]c5nc4O[C@H]4COCC[C@@H]43)cc([N+](=O)[O-])c2N1. The standard InChI is InChI=1S/C52H62N8O11S/c1-31(2)68-27-34-28-69-46-24-37(23-42(60(62)63)48(46)54-34)72(64,65)56-50(61)39-10-9-35(22-41(39)59-40-12-19-66-30-47(40)71-51-43(59)21-33-11-15-53-49(33)55-51)57-16-13-52(14-17-57)25-36(26-52)58-18-20-67-29-44(58)38-7-5-6-8-45(38)70-32(3)4/h5-11,15,21-24,31-32,34,36,40,44,47,54H,12-14,16-20,25-30H2,1-4H3,(H,53,55)(H,56,61)/t34-,40+,44+,47+/m1/s1. The molecule has 11 rings (SSSR count). The van der Waals surface area contributed by atoms with E-state index in [4.69, 9.17) is 33.4 Å². The van der Waals surface area contributed by atoms with Crippen molar-refractivity contribution in [1.29, 1.82) is 0 Å². The number of hydrogen-bond acceptors (Lipinski definition) is 16. The Balaban J connectivity index is 0.881. The van der Waals surface area contributed by atoms with Crippen LogP contribution in [0.3, 0.4) is 0 Å². The van der Waals surface area contributed by atoms with Crippen LogP contribution in [0.1, 0.15) is 81.8 Å². The van der Waals surface area contributed by atoms with Gasteiger partial charge in [0.2, 0.25) is 5.88 Å². The molecule has 3 saturated heterocycles. The fourth-order valence-electron chi connectivity index (χ4n) is 11.5. The van der Waals surface area contributed by atoms with Crippen LogP contribution in [0.25, 0.3) is 11.0 Å². The Kier molecular flexibility index (Phi) is 12.9. The van der Waals surface area contributed by atoms with E-state index in [-0.39, 0.29) is 59.9 Å². The van der Waals surface area contributed by atoms with Gasteiger partial charge in [0.25, 0.3) is 21.6 Å². The zero-order valence-corrected chi connectivity index (χ0v) is 41.8. The van der Waals surface area contributed by atoms with Gasteiger partial charge in [-0.3, -0.25) is 19.8 Å². The topological polar surface area (TPSA) is 212 Å². The number of aromatic amines is 1. The molecule has 1 aliphatic carbocycles. The smallest absolute Gasteiger partial charge is 0.297 e. The lowest BCUT2D eigenvalue weighted by Crippen LogP contribution is -2.57. The fraction of sp³-hybridized carbons (Fsp3) is 0.500. The molecule has 1 saturated carbocycles. The van der Waals surface area contributed by atoms with Crippen molar-refractivity contribution in [3.8, 4) is 17.4 Å². The number of anilines is 4. The Hall–Kier alpha value is -6.19. The van der Waals surface area contributed by atoms with E-state index in [1.165, 1.54) is 11.6 Å². The van der Waals surface area contributed by atoms with Gasteiger partial charge in [0, 0.05) is 67.2 Å². The molecule has 19 nitrogen and oxygen atoms in total. The van der Waals surface area contributed by atoms with E-state index in [2.05, 4.69) is 61.8 Å². The molecule has 0 radical (unpaired) electrons. The lowest BCUT2D eigenvalue weighted by atomic mass is 9.59. The predicted molar refractivity (Wildman–Crippen MR) is 269 cm³/mol. The van der Waals surface area contributed by atoms with E-state index in [1.807, 2.05) is 44.2 Å². The lowest BCUT2D eigenvalue weighted by molar-refractivity contribution is -0.384. The zero-order chi connectivity index (χ0) is 49.9. The van der Waals surface area contributed by atoms with Crippen molar-refractivity contribution in [2.45, 2.75) is 107 Å². The summed E-state index contributed by atoms with van der Waals surface area (Å²) in [5, 5.41) is 16.3. The van der Waals surface area contributed by atoms with E-state index in [9.17, 15) is 23.3 Å². The fourth-order valence-corrected chi connectivity index (χ4v) is 12.5. The number of aromatic nitrogens is 2. The number of pyridine rings is 1. The highest BCUT2D eigenvalue weighted by Gasteiger charge is 2.50. The number of nitrogens with zero attached hydrogens (tertiary/aromatic N) is 5. The van der Waals surface area contributed by atoms with Crippen molar-refractivity contribution < 1.29 is 46.6 Å². The Morgan fingerprint density at radius 2 is 1.76 bits per heavy atom. The summed E-state index contributed by atoms with van der Waals surface area (Å²) in [6.45, 7) is 12.7. The molecule has 7 heterocycles. The van der Waals surface area contributed by atoms with Gasteiger partial charge < -0.3 is 48.5 Å². The number of fused-ring (bicyclic) bond motifs is 4. The summed E-state index contributed by atoms with van der Waals surface area (Å²) in [6.07, 6.45) is 6.10. The number of carbonyl (C=O) groups is 1. The average Bonchev–Trinajstić information content (AvgIpc) is 3.82. The van der Waals surface area contributed by atoms with Crippen LogP contribution in [0.2, 0.25) is 0 Å². The van der Waals surface area contributed by atoms with E-state index in [0.29, 0.717) is 61.8 Å². The van der Waals surface area contributed by atoms with E-state index >= 15 is 0 Å². The number of hydrogen-bond donors (Lipinski definition) is 3. The number of H-pyrrole nitrogens is 1. The monoisotopic (exact) mass is 1010 g/mol. The van der Waals surface area contributed by atoms with Crippen molar-refractivity contribution in [2.75, 3.05) is 74.4 Å². The van der Waals surface area contributed by atoms with E-state index < -0.39 is 43.6 Å². The molecule has 0 unspecified atom stereocenters. The Labute approximate surface area is 418 Å². The molecular formula is C52H62N8O11S. The van der Waals surface area contributed by atoms with Crippen molar-refractivity contribution >= 4 is 55.4 Å². The van der Waals surface area contributed by atoms with Crippen molar-refractivity contribution in [3.63, 3.8) is 0 Å². The van der Waals surface area contributed by atoms with Crippen molar-refractivity contribution in [1.82, 2.24) is 19.6 Å². The van der Waals surface area contributed by atoms with Gasteiger partial charge in [0.15, 0.2) is 11.4 Å². The summed E-state index contributed by atoms with van der Waals surface area (Å²) in [4.78, 5) is 41.1. The number of sulfonamides is 1. The predicted octanol–water partition coefficient (Wildman–Crippen LogP) is 7.49. The summed E-state index contributed by atoms with van der Waals surface area (Å²) in [5.41, 5.74) is 3.62. The largest absolute Gasteiger partial charge is 0.491 e. The number of morpholine rings is 1. The third-order valence-corrected chi connectivity index (χ3v) is 16.4. The summed E-state index contributed by atoms with van der Waals surface area (Å²) >= 11 is 0. The van der Waals surface area contributed by atoms with Crippen LogP contribution in [-0.4, -0.2) is 130 Å². The van der Waals surface area contributed by atoms with Crippen molar-refractivity contribution in [3.05, 3.63) is 94.2 Å². The van der Waals surface area contributed by atoms with Crippen LogP contribution in [0.15, 0.2) is 77.8 Å². The Bertz CT molecular complexity index is 2970. The highest BCUT2D eigenvalue weighted by atomic mass is 32.2. The minimum atomic E-state index is -4.71. The molecule has 5 aromatic rings. The van der Waals surface area contributed by atoms with Gasteiger partial charge in [-0.25, -0.2) is 13.1 Å². The minimum Gasteiger partial charge on any atom is -0.491 e. The van der Waals surface area contributed by atoms with Gasteiger partial charge in [-0.1, -0.05) is 18.2 Å². The van der Waals surface area contributed by atoms with E-state index in [1.54, 1.807) is 12.3 Å². The first-order valence-corrected chi connectivity index (χ1v) is 26.6. The van der Waals surface area contributed by atoms with Gasteiger partial charge in [0.1, 0.15) is 29.8 Å². The second kappa shape index (κ2) is 19.3. The molecule has 1 amide bonds. The molecule has 5 aliphatic heterocycles. The van der Waals surface area contributed by atoms with Gasteiger partial charge in [-0.05, 0) is 102 Å². The minimum absolute atomic E-state index is 0.0223. The molecule has 20 heteroatoms. The quantitative estimate of drug-likeness (QED) is 0.0770. The van der Waals surface area contributed by atoms with Crippen LogP contribution in [0.4, 0.5) is 28.4 Å². The van der Waals surface area contributed by atoms with Crippen LogP contribution in [0.5, 0.6) is 17.4 Å². The highest BCUT2D eigenvalue weighted by molar-refractivity contribution is 7.90. The van der Waals surface area contributed by atoms with Crippen LogP contribution in [0, 0.1) is 15.5 Å². The Morgan fingerprint density at radius 1 is 0.958 bits per heavy atom. The normalized spacial score (nSPS) is 23.1. The van der Waals surface area contributed by atoms with Gasteiger partial charge in [-0.2, -0.15) is 4.98 Å². The van der Waals surface area contributed by atoms with Gasteiger partial charge >= 0.3 is 0 Å². The number of nitrogens with one attached hydrogen (secondary N) is 3. The lowest BCUT2D eigenvalue weighted by Gasteiger charge is -2.57. The number of para-hydroxylation sites is 1. The molecule has 0 bridgehead atoms. The van der Waals surface area contributed by atoms with Crippen LogP contribution in [-0.2, 0) is 24.2 Å². The first kappa shape index (κ1) is 48.1. The third kappa shape index (κ3) is 9.27. The number of rotatable bonds is 13. The first-order valence-electron chi connectivity index (χ1n) is 25.1. The summed E-state index contributed by atoms with van der Waals surface area (Å²) in [7, 11) is -4.71. The van der Waals surface area contributed by atoms with Crippen LogP contribution >= 0.6 is 0 Å². The molecular weight excluding hydrogens is 945 g/mol. The van der Waals surface area contributed by atoms with Gasteiger partial charge in [0.05, 0.1) is 77.8 Å². The van der Waals surface area contributed by atoms with Crippen molar-refractivity contribution in [2.24, 2.45) is 5.41 Å². The number of amides is 1. The van der Waals surface area contributed by atoms with E-state index in [0.717, 1.165) is 68.2 Å². The second-order valence-electron chi connectivity index (χ2n) is 20.5. The molecule has 1 spiro atoms. The number of carbonyl (C=O) groups excluding carboxylic acids is 1. The number of nitro groups is 1. The zero-order valence-electron chi connectivity index (χ0n) is 41.0. The number of nitro benzene ring substituents is 1. The summed E-state index contributed by atoms with van der Waals surface area (Å²) in [6, 6.07) is 19.7. The molecule has 4 atom stereocenters. The highest BCUT2D eigenvalue weighted by Crippen LogP contribution is 2.54. The summed E-state index contributed by atoms with van der Waals surface area (Å²) in [5.74, 6) is 0.336. The maximum absolute atomic E-state index is 14.8. The van der Waals surface area contributed by atoms with Crippen LogP contribution < -0.4 is 34.0 Å². The molecule has 2 aromatic heterocycles. The molecule has 6 aliphatic rings. The maximum Gasteiger partial charge on any atom is 0.297 e.